The molecule has 3 aromatic rings. The Kier molecular flexibility index (Phi) is 5.29. The molecule has 1 saturated heterocycles. The average Bonchev–Trinajstić information content (AvgIpc) is 2.75. The molecule has 142 valence electrons. The highest BCUT2D eigenvalue weighted by Crippen LogP contribution is 2.23. The van der Waals surface area contributed by atoms with Gasteiger partial charge < -0.3 is 15.1 Å². The largest absolute Gasteiger partial charge is 0.368 e. The van der Waals surface area contributed by atoms with Gasteiger partial charge in [-0.3, -0.25) is 4.79 Å². The molecular weight excluding hydrogens is 346 g/mol. The highest BCUT2D eigenvalue weighted by Gasteiger charge is 2.17. The highest BCUT2D eigenvalue weighted by molar-refractivity contribution is 6.04. The maximum atomic E-state index is 12.3. The molecule has 1 aliphatic heterocycles. The summed E-state index contributed by atoms with van der Waals surface area (Å²) in [6.45, 7) is 6.14. The van der Waals surface area contributed by atoms with Crippen LogP contribution in [0.3, 0.4) is 0 Å². The van der Waals surface area contributed by atoms with Crippen molar-refractivity contribution in [3.8, 4) is 0 Å². The van der Waals surface area contributed by atoms with Crippen LogP contribution < -0.4 is 15.1 Å². The zero-order valence-electron chi connectivity index (χ0n) is 16.1. The minimum Gasteiger partial charge on any atom is -0.368 e. The Hall–Kier alpha value is -3.27. The monoisotopic (exact) mass is 371 g/mol. The van der Waals surface area contributed by atoms with Crippen LogP contribution in [0.4, 0.5) is 17.1 Å². The number of rotatable bonds is 4. The van der Waals surface area contributed by atoms with E-state index in [4.69, 9.17) is 0 Å². The minimum absolute atomic E-state index is 0.0832. The van der Waals surface area contributed by atoms with E-state index < -0.39 is 0 Å². The van der Waals surface area contributed by atoms with Crippen molar-refractivity contribution in [2.45, 2.75) is 6.92 Å². The second kappa shape index (κ2) is 8.17. The minimum atomic E-state index is -0.0832. The zero-order chi connectivity index (χ0) is 19.3. The predicted octanol–water partition coefficient (Wildman–Crippen LogP) is 4.57. The lowest BCUT2D eigenvalue weighted by Gasteiger charge is -2.37. The summed E-state index contributed by atoms with van der Waals surface area (Å²) in [6.07, 6.45) is 0. The molecule has 4 rings (SSSR count). The molecule has 3 aromatic carbocycles. The second-order valence-electron chi connectivity index (χ2n) is 7.18. The molecule has 0 spiro atoms. The van der Waals surface area contributed by atoms with E-state index in [1.54, 1.807) is 0 Å². The van der Waals surface area contributed by atoms with Gasteiger partial charge in [-0.2, -0.15) is 0 Å². The van der Waals surface area contributed by atoms with Crippen molar-refractivity contribution in [1.29, 1.82) is 0 Å². The van der Waals surface area contributed by atoms with Gasteiger partial charge in [0.25, 0.3) is 5.91 Å². The van der Waals surface area contributed by atoms with E-state index in [0.717, 1.165) is 31.9 Å². The summed E-state index contributed by atoms with van der Waals surface area (Å²) in [4.78, 5) is 17.1. The summed E-state index contributed by atoms with van der Waals surface area (Å²) in [5, 5.41) is 2.96. The van der Waals surface area contributed by atoms with Gasteiger partial charge in [-0.15, -0.1) is 0 Å². The summed E-state index contributed by atoms with van der Waals surface area (Å²) in [6, 6.07) is 26.1. The molecule has 0 bridgehead atoms. The molecule has 0 aromatic heterocycles. The van der Waals surface area contributed by atoms with E-state index in [0.29, 0.717) is 5.56 Å². The van der Waals surface area contributed by atoms with Crippen molar-refractivity contribution in [3.05, 3.63) is 90.0 Å². The van der Waals surface area contributed by atoms with Crippen molar-refractivity contribution in [3.63, 3.8) is 0 Å². The maximum absolute atomic E-state index is 12.3. The van der Waals surface area contributed by atoms with Crippen LogP contribution in [0.25, 0.3) is 0 Å². The lowest BCUT2D eigenvalue weighted by molar-refractivity contribution is 0.102. The van der Waals surface area contributed by atoms with E-state index in [-0.39, 0.29) is 5.91 Å². The second-order valence-corrected chi connectivity index (χ2v) is 7.18. The number of benzene rings is 3. The first-order valence-electron chi connectivity index (χ1n) is 9.72. The fourth-order valence-electron chi connectivity index (χ4n) is 3.60. The highest BCUT2D eigenvalue weighted by atomic mass is 16.1. The molecule has 0 atom stereocenters. The fourth-order valence-corrected chi connectivity index (χ4v) is 3.60. The molecule has 0 radical (unpaired) electrons. The molecule has 1 heterocycles. The van der Waals surface area contributed by atoms with Crippen molar-refractivity contribution in [1.82, 2.24) is 0 Å². The number of carbonyl (C=O) groups excluding carboxylic acids is 1. The number of carbonyl (C=O) groups is 1. The first-order chi connectivity index (χ1) is 13.7. The van der Waals surface area contributed by atoms with Crippen LogP contribution in [-0.4, -0.2) is 32.1 Å². The van der Waals surface area contributed by atoms with Crippen LogP contribution in [0.1, 0.15) is 15.9 Å². The molecule has 0 unspecified atom stereocenters. The summed E-state index contributed by atoms with van der Waals surface area (Å²) in [5.74, 6) is -0.0832. The van der Waals surface area contributed by atoms with Crippen molar-refractivity contribution < 1.29 is 4.79 Å². The third kappa shape index (κ3) is 4.17. The standard InChI is InChI=1S/C24H25N3O/c1-19-6-5-9-23(18-19)27-16-14-26(15-17-27)22-12-10-21(11-13-22)25-24(28)20-7-3-2-4-8-20/h2-13,18H,14-17H2,1H3,(H,25,28). The van der Waals surface area contributed by atoms with Gasteiger partial charge in [0.15, 0.2) is 0 Å². The molecule has 0 saturated carbocycles. The van der Waals surface area contributed by atoms with Gasteiger partial charge in [0, 0.05) is 48.8 Å². The normalized spacial score (nSPS) is 14.0. The van der Waals surface area contributed by atoms with Gasteiger partial charge in [-0.1, -0.05) is 30.3 Å². The molecule has 4 nitrogen and oxygen atoms in total. The summed E-state index contributed by atoms with van der Waals surface area (Å²) in [5.41, 5.74) is 5.28. The fraction of sp³-hybridized carbons (Fsp3) is 0.208. The molecule has 4 heteroatoms. The van der Waals surface area contributed by atoms with Crippen LogP contribution in [0.2, 0.25) is 0 Å². The predicted molar refractivity (Wildman–Crippen MR) is 116 cm³/mol. The molecule has 1 aliphatic rings. The van der Waals surface area contributed by atoms with Gasteiger partial charge >= 0.3 is 0 Å². The smallest absolute Gasteiger partial charge is 0.255 e. The Labute approximate surface area is 166 Å². The molecular formula is C24H25N3O. The molecule has 1 amide bonds. The molecule has 0 aliphatic carbocycles. The van der Waals surface area contributed by atoms with E-state index in [2.05, 4.69) is 58.4 Å². The van der Waals surface area contributed by atoms with E-state index in [9.17, 15) is 4.79 Å². The average molecular weight is 371 g/mol. The van der Waals surface area contributed by atoms with Crippen LogP contribution in [0, 0.1) is 6.92 Å². The van der Waals surface area contributed by atoms with Crippen LogP contribution >= 0.6 is 0 Å². The first-order valence-corrected chi connectivity index (χ1v) is 9.72. The molecule has 1 N–H and O–H groups in total. The Morgan fingerprint density at radius 2 is 1.39 bits per heavy atom. The maximum Gasteiger partial charge on any atom is 0.255 e. The SMILES string of the molecule is Cc1cccc(N2CCN(c3ccc(NC(=O)c4ccccc4)cc3)CC2)c1. The van der Waals surface area contributed by atoms with Crippen molar-refractivity contribution >= 4 is 23.0 Å². The van der Waals surface area contributed by atoms with E-state index in [1.165, 1.54) is 16.9 Å². The molecule has 1 fully saturated rings. The lowest BCUT2D eigenvalue weighted by Crippen LogP contribution is -2.46. The van der Waals surface area contributed by atoms with E-state index >= 15 is 0 Å². The summed E-state index contributed by atoms with van der Waals surface area (Å²) < 4.78 is 0. The zero-order valence-corrected chi connectivity index (χ0v) is 16.1. The van der Waals surface area contributed by atoms with Crippen LogP contribution in [0.15, 0.2) is 78.9 Å². The van der Waals surface area contributed by atoms with Crippen LogP contribution in [0.5, 0.6) is 0 Å². The summed E-state index contributed by atoms with van der Waals surface area (Å²) in [7, 11) is 0. The van der Waals surface area contributed by atoms with Gasteiger partial charge in [-0.05, 0) is 61.0 Å². The summed E-state index contributed by atoms with van der Waals surface area (Å²) >= 11 is 0. The van der Waals surface area contributed by atoms with Crippen molar-refractivity contribution in [2.24, 2.45) is 0 Å². The number of amides is 1. The Morgan fingerprint density at radius 1 is 0.750 bits per heavy atom. The number of hydrogen-bond donors (Lipinski definition) is 1. The number of hydrogen-bond acceptors (Lipinski definition) is 3. The van der Waals surface area contributed by atoms with Gasteiger partial charge in [0.1, 0.15) is 0 Å². The quantitative estimate of drug-likeness (QED) is 0.729. The Balaban J connectivity index is 1.35. The Bertz CT molecular complexity index is 930. The van der Waals surface area contributed by atoms with Crippen LogP contribution in [-0.2, 0) is 0 Å². The van der Waals surface area contributed by atoms with Gasteiger partial charge in [-0.25, -0.2) is 0 Å². The number of piperazine rings is 1. The lowest BCUT2D eigenvalue weighted by atomic mass is 10.1. The molecule has 28 heavy (non-hydrogen) atoms. The van der Waals surface area contributed by atoms with E-state index in [1.807, 2.05) is 42.5 Å². The first kappa shape index (κ1) is 18.1. The number of anilines is 3. The van der Waals surface area contributed by atoms with Gasteiger partial charge in [0.05, 0.1) is 0 Å². The topological polar surface area (TPSA) is 35.6 Å². The third-order valence-corrected chi connectivity index (χ3v) is 5.17. The number of nitrogens with one attached hydrogen (secondary N) is 1. The van der Waals surface area contributed by atoms with Gasteiger partial charge in [0.2, 0.25) is 0 Å². The number of aryl methyl sites for hydroxylation is 1. The van der Waals surface area contributed by atoms with Crippen molar-refractivity contribution in [2.75, 3.05) is 41.3 Å². The number of nitrogens with zero attached hydrogens (tertiary/aromatic N) is 2. The Morgan fingerprint density at radius 3 is 2.04 bits per heavy atom. The third-order valence-electron chi connectivity index (χ3n) is 5.17.